The lowest BCUT2D eigenvalue weighted by Crippen LogP contribution is -2.03. The van der Waals surface area contributed by atoms with Gasteiger partial charge in [-0.2, -0.15) is 0 Å². The summed E-state index contributed by atoms with van der Waals surface area (Å²) < 4.78 is 4.99. The molecule has 3 aromatic rings. The largest absolute Gasteiger partial charge is 0.361 e. The smallest absolute Gasteiger partial charge is 0.223 e. The van der Waals surface area contributed by atoms with E-state index in [0.717, 1.165) is 22.4 Å². The van der Waals surface area contributed by atoms with Crippen LogP contribution < -0.4 is 5.32 Å². The van der Waals surface area contributed by atoms with E-state index in [1.807, 2.05) is 37.3 Å². The highest BCUT2D eigenvalue weighted by Crippen LogP contribution is 2.12. The van der Waals surface area contributed by atoms with Gasteiger partial charge < -0.3 is 9.84 Å². The summed E-state index contributed by atoms with van der Waals surface area (Å²) in [5, 5.41) is 8.05. The highest BCUT2D eigenvalue weighted by Gasteiger charge is 2.02. The minimum Gasteiger partial charge on any atom is -0.361 e. The van der Waals surface area contributed by atoms with Gasteiger partial charge in [-0.15, -0.1) is 0 Å². The lowest BCUT2D eigenvalue weighted by atomic mass is 10.2. The van der Waals surface area contributed by atoms with Crippen LogP contribution in [-0.2, 0) is 6.54 Å². The SMILES string of the molecule is Cc1cc(CNc2ncc3ccccc3n2)no1. The van der Waals surface area contributed by atoms with E-state index >= 15 is 0 Å². The van der Waals surface area contributed by atoms with Gasteiger partial charge in [-0.3, -0.25) is 0 Å². The molecule has 5 heteroatoms. The number of aromatic nitrogens is 3. The van der Waals surface area contributed by atoms with Crippen LogP contribution in [0.2, 0.25) is 0 Å². The highest BCUT2D eigenvalue weighted by molar-refractivity contribution is 5.78. The molecule has 0 saturated carbocycles. The van der Waals surface area contributed by atoms with Crippen LogP contribution in [0, 0.1) is 6.92 Å². The Morgan fingerprint density at radius 3 is 3.00 bits per heavy atom. The van der Waals surface area contributed by atoms with Gasteiger partial charge in [0.2, 0.25) is 5.95 Å². The second-order valence-electron chi connectivity index (χ2n) is 4.03. The van der Waals surface area contributed by atoms with Crippen molar-refractivity contribution in [3.63, 3.8) is 0 Å². The fourth-order valence-electron chi connectivity index (χ4n) is 1.73. The third kappa shape index (κ3) is 2.15. The summed E-state index contributed by atoms with van der Waals surface area (Å²) in [5.41, 5.74) is 1.76. The van der Waals surface area contributed by atoms with Gasteiger partial charge >= 0.3 is 0 Å². The van der Waals surface area contributed by atoms with Crippen molar-refractivity contribution in [3.05, 3.63) is 48.0 Å². The Morgan fingerprint density at radius 2 is 2.17 bits per heavy atom. The average Bonchev–Trinajstić information content (AvgIpc) is 2.82. The Bertz CT molecular complexity index is 677. The average molecular weight is 240 g/mol. The molecule has 90 valence electrons. The lowest BCUT2D eigenvalue weighted by Gasteiger charge is -2.03. The fraction of sp³-hybridized carbons (Fsp3) is 0.154. The van der Waals surface area contributed by atoms with Crippen molar-refractivity contribution in [1.29, 1.82) is 0 Å². The quantitative estimate of drug-likeness (QED) is 0.762. The van der Waals surface area contributed by atoms with Crippen LogP contribution in [0.25, 0.3) is 10.9 Å². The topological polar surface area (TPSA) is 63.8 Å². The number of rotatable bonds is 3. The first kappa shape index (κ1) is 10.7. The fourth-order valence-corrected chi connectivity index (χ4v) is 1.73. The van der Waals surface area contributed by atoms with Gasteiger partial charge in [-0.05, 0) is 13.0 Å². The first-order valence-corrected chi connectivity index (χ1v) is 5.69. The van der Waals surface area contributed by atoms with Crippen molar-refractivity contribution in [2.75, 3.05) is 5.32 Å². The predicted octanol–water partition coefficient (Wildman–Crippen LogP) is 2.54. The minimum atomic E-state index is 0.551. The van der Waals surface area contributed by atoms with E-state index in [1.54, 1.807) is 6.20 Å². The Morgan fingerprint density at radius 1 is 1.28 bits per heavy atom. The molecule has 0 saturated heterocycles. The number of para-hydroxylation sites is 1. The van der Waals surface area contributed by atoms with Crippen molar-refractivity contribution in [2.24, 2.45) is 0 Å². The first-order chi connectivity index (χ1) is 8.81. The summed E-state index contributed by atoms with van der Waals surface area (Å²) in [5.74, 6) is 1.39. The van der Waals surface area contributed by atoms with E-state index in [-0.39, 0.29) is 0 Å². The summed E-state index contributed by atoms with van der Waals surface area (Å²) >= 11 is 0. The number of hydrogen-bond acceptors (Lipinski definition) is 5. The van der Waals surface area contributed by atoms with Gasteiger partial charge in [0, 0.05) is 17.6 Å². The predicted molar refractivity (Wildman–Crippen MR) is 68.1 cm³/mol. The minimum absolute atomic E-state index is 0.551. The van der Waals surface area contributed by atoms with Gasteiger partial charge in [0.1, 0.15) is 11.5 Å². The summed E-state index contributed by atoms with van der Waals surface area (Å²) in [6, 6.07) is 9.76. The summed E-state index contributed by atoms with van der Waals surface area (Å²) in [4.78, 5) is 8.66. The molecule has 0 spiro atoms. The highest BCUT2D eigenvalue weighted by atomic mass is 16.5. The number of aryl methyl sites for hydroxylation is 1. The first-order valence-electron chi connectivity index (χ1n) is 5.69. The standard InChI is InChI=1S/C13H12N4O/c1-9-6-11(17-18-9)8-15-13-14-7-10-4-2-3-5-12(10)16-13/h2-7H,8H2,1H3,(H,14,15,16). The van der Waals surface area contributed by atoms with Crippen molar-refractivity contribution < 1.29 is 4.52 Å². The molecule has 0 fully saturated rings. The normalized spacial score (nSPS) is 10.7. The summed E-state index contributed by atoms with van der Waals surface area (Å²) in [6.07, 6.45) is 1.80. The third-order valence-electron chi connectivity index (χ3n) is 2.59. The van der Waals surface area contributed by atoms with Crippen LogP contribution >= 0.6 is 0 Å². The molecule has 1 aromatic carbocycles. The molecule has 0 bridgehead atoms. The number of fused-ring (bicyclic) bond motifs is 1. The second-order valence-corrected chi connectivity index (χ2v) is 4.03. The summed E-state index contributed by atoms with van der Waals surface area (Å²) in [6.45, 7) is 2.42. The van der Waals surface area contributed by atoms with Gasteiger partial charge in [0.15, 0.2) is 0 Å². The molecule has 3 rings (SSSR count). The van der Waals surface area contributed by atoms with Crippen LogP contribution in [0.3, 0.4) is 0 Å². The maximum absolute atomic E-state index is 4.99. The van der Waals surface area contributed by atoms with Crippen molar-refractivity contribution in [1.82, 2.24) is 15.1 Å². The Kier molecular flexibility index (Phi) is 2.64. The maximum atomic E-state index is 4.99. The van der Waals surface area contributed by atoms with E-state index in [2.05, 4.69) is 20.4 Å². The molecule has 0 radical (unpaired) electrons. The van der Waals surface area contributed by atoms with E-state index < -0.39 is 0 Å². The van der Waals surface area contributed by atoms with E-state index in [1.165, 1.54) is 0 Å². The number of nitrogens with zero attached hydrogens (tertiary/aromatic N) is 3. The molecule has 2 aromatic heterocycles. The Hall–Kier alpha value is -2.43. The van der Waals surface area contributed by atoms with Crippen molar-refractivity contribution >= 4 is 16.9 Å². The molecule has 1 N–H and O–H groups in total. The van der Waals surface area contributed by atoms with Gasteiger partial charge in [0.25, 0.3) is 0 Å². The van der Waals surface area contributed by atoms with E-state index in [9.17, 15) is 0 Å². The second kappa shape index (κ2) is 4.44. The zero-order valence-electron chi connectivity index (χ0n) is 9.92. The van der Waals surface area contributed by atoms with Crippen LogP contribution in [0.15, 0.2) is 41.1 Å². The molecule has 5 nitrogen and oxygen atoms in total. The zero-order chi connectivity index (χ0) is 12.4. The lowest BCUT2D eigenvalue weighted by molar-refractivity contribution is 0.391. The van der Waals surface area contributed by atoms with Gasteiger partial charge in [-0.1, -0.05) is 23.4 Å². The van der Waals surface area contributed by atoms with Gasteiger partial charge in [-0.25, -0.2) is 9.97 Å². The number of benzene rings is 1. The molecule has 0 aliphatic carbocycles. The van der Waals surface area contributed by atoms with Crippen LogP contribution in [0.4, 0.5) is 5.95 Å². The molecule has 0 aliphatic heterocycles. The molecular weight excluding hydrogens is 228 g/mol. The molecule has 0 atom stereocenters. The van der Waals surface area contributed by atoms with Gasteiger partial charge in [0.05, 0.1) is 12.1 Å². The molecule has 2 heterocycles. The Labute approximate surface area is 104 Å². The van der Waals surface area contributed by atoms with Crippen molar-refractivity contribution in [3.8, 4) is 0 Å². The molecular formula is C13H12N4O. The zero-order valence-corrected chi connectivity index (χ0v) is 9.92. The third-order valence-corrected chi connectivity index (χ3v) is 2.59. The molecule has 18 heavy (non-hydrogen) atoms. The van der Waals surface area contributed by atoms with Crippen molar-refractivity contribution in [2.45, 2.75) is 13.5 Å². The molecule has 0 amide bonds. The van der Waals surface area contributed by atoms with E-state index in [0.29, 0.717) is 12.5 Å². The number of nitrogens with one attached hydrogen (secondary N) is 1. The van der Waals surface area contributed by atoms with E-state index in [4.69, 9.17) is 4.52 Å². The van der Waals surface area contributed by atoms with Crippen LogP contribution in [-0.4, -0.2) is 15.1 Å². The van der Waals surface area contributed by atoms with Crippen LogP contribution in [0.5, 0.6) is 0 Å². The number of hydrogen-bond donors (Lipinski definition) is 1. The Balaban J connectivity index is 1.78. The maximum Gasteiger partial charge on any atom is 0.223 e. The number of anilines is 1. The molecule has 0 unspecified atom stereocenters. The molecule has 0 aliphatic rings. The monoisotopic (exact) mass is 240 g/mol. The van der Waals surface area contributed by atoms with Crippen LogP contribution in [0.1, 0.15) is 11.5 Å². The summed E-state index contributed by atoms with van der Waals surface area (Å²) in [7, 11) is 0.